The fraction of sp³-hybridized carbons (Fsp3) is 0.667. The van der Waals surface area contributed by atoms with Gasteiger partial charge in [0.25, 0.3) is 0 Å². The number of rotatable bonds is 4. The van der Waals surface area contributed by atoms with E-state index in [1.165, 1.54) is 6.07 Å². The average Bonchev–Trinajstić information content (AvgIpc) is 3.00. The summed E-state index contributed by atoms with van der Waals surface area (Å²) in [7, 11) is 1.93. The molecule has 2 N–H and O–H groups in total. The van der Waals surface area contributed by atoms with Gasteiger partial charge in [-0.25, -0.2) is 4.98 Å². The SMILES string of the molecule is CN1C[C@H](NC(=O)C2CCN(c3ccc(C(F)(F)F)cn3)CC2)C[C@H]1CO. The minimum atomic E-state index is -4.39. The molecule has 1 amide bonds. The van der Waals surface area contributed by atoms with E-state index < -0.39 is 11.7 Å². The number of hydrogen-bond acceptors (Lipinski definition) is 5. The van der Waals surface area contributed by atoms with Crippen LogP contribution in [0.4, 0.5) is 19.0 Å². The van der Waals surface area contributed by atoms with E-state index in [4.69, 9.17) is 0 Å². The standard InChI is InChI=1S/C18H25F3N4O2/c1-24-10-14(8-15(24)11-26)23-17(27)12-4-6-25(7-5-12)16-3-2-13(9-22-16)18(19,20)21/h2-3,9,12,14-15,26H,4-8,10-11H2,1H3,(H,23,27)/t14-,15+/m1/s1. The van der Waals surface area contributed by atoms with Crippen molar-refractivity contribution in [2.24, 2.45) is 5.92 Å². The first kappa shape index (κ1) is 19.9. The lowest BCUT2D eigenvalue weighted by atomic mass is 9.95. The van der Waals surface area contributed by atoms with Crippen molar-refractivity contribution in [3.63, 3.8) is 0 Å². The highest BCUT2D eigenvalue weighted by Gasteiger charge is 2.33. The van der Waals surface area contributed by atoms with Crippen molar-refractivity contribution in [3.05, 3.63) is 23.9 Å². The van der Waals surface area contributed by atoms with Gasteiger partial charge in [-0.05, 0) is 38.4 Å². The number of aromatic nitrogens is 1. The number of halogens is 3. The van der Waals surface area contributed by atoms with Crippen LogP contribution < -0.4 is 10.2 Å². The number of aliphatic hydroxyl groups excluding tert-OH is 1. The van der Waals surface area contributed by atoms with Crippen LogP contribution in [-0.2, 0) is 11.0 Å². The Kier molecular flexibility index (Phi) is 5.90. The molecule has 2 aliphatic heterocycles. The molecule has 1 aromatic rings. The smallest absolute Gasteiger partial charge is 0.395 e. The first-order chi connectivity index (χ1) is 12.8. The topological polar surface area (TPSA) is 68.7 Å². The van der Waals surface area contributed by atoms with E-state index in [-0.39, 0.29) is 30.5 Å². The minimum Gasteiger partial charge on any atom is -0.395 e. The third-order valence-corrected chi connectivity index (χ3v) is 5.51. The van der Waals surface area contributed by atoms with Crippen LogP contribution in [0.25, 0.3) is 0 Å². The Bertz CT molecular complexity index is 645. The number of pyridine rings is 1. The van der Waals surface area contributed by atoms with Crippen LogP contribution in [0.3, 0.4) is 0 Å². The number of piperidine rings is 1. The zero-order valence-corrected chi connectivity index (χ0v) is 15.2. The van der Waals surface area contributed by atoms with Gasteiger partial charge in [-0.2, -0.15) is 13.2 Å². The molecule has 0 bridgehead atoms. The molecular formula is C18H25F3N4O2. The van der Waals surface area contributed by atoms with Crippen LogP contribution in [0, 0.1) is 5.92 Å². The van der Waals surface area contributed by atoms with Crippen LogP contribution in [-0.4, -0.2) is 66.3 Å². The molecule has 0 spiro atoms. The van der Waals surface area contributed by atoms with Gasteiger partial charge < -0.3 is 15.3 Å². The summed E-state index contributed by atoms with van der Waals surface area (Å²) in [6.07, 6.45) is -1.52. The van der Waals surface area contributed by atoms with E-state index in [0.29, 0.717) is 31.7 Å². The fourth-order valence-electron chi connectivity index (χ4n) is 3.83. The summed E-state index contributed by atoms with van der Waals surface area (Å²) in [5.74, 6) is 0.422. The summed E-state index contributed by atoms with van der Waals surface area (Å²) in [5, 5.41) is 12.4. The quantitative estimate of drug-likeness (QED) is 0.821. The molecule has 0 unspecified atom stereocenters. The lowest BCUT2D eigenvalue weighted by Gasteiger charge is -2.32. The number of carbonyl (C=O) groups is 1. The number of amides is 1. The Morgan fingerprint density at radius 2 is 2.04 bits per heavy atom. The number of alkyl halides is 3. The first-order valence-electron chi connectivity index (χ1n) is 9.17. The van der Waals surface area contributed by atoms with Crippen molar-refractivity contribution in [3.8, 4) is 0 Å². The molecule has 0 radical (unpaired) electrons. The van der Waals surface area contributed by atoms with E-state index in [9.17, 15) is 23.1 Å². The molecule has 27 heavy (non-hydrogen) atoms. The molecule has 3 heterocycles. The zero-order chi connectivity index (χ0) is 19.6. The third-order valence-electron chi connectivity index (χ3n) is 5.51. The van der Waals surface area contributed by atoms with Crippen LogP contribution >= 0.6 is 0 Å². The maximum atomic E-state index is 12.6. The number of aliphatic hydroxyl groups is 1. The monoisotopic (exact) mass is 386 g/mol. The fourth-order valence-corrected chi connectivity index (χ4v) is 3.83. The number of nitrogens with one attached hydrogen (secondary N) is 1. The summed E-state index contributed by atoms with van der Waals surface area (Å²) in [4.78, 5) is 20.4. The maximum Gasteiger partial charge on any atom is 0.417 e. The molecule has 2 aliphatic rings. The van der Waals surface area contributed by atoms with Crippen molar-refractivity contribution in [1.29, 1.82) is 0 Å². The Hall–Kier alpha value is -1.87. The summed E-state index contributed by atoms with van der Waals surface area (Å²) < 4.78 is 37.9. The number of hydrogen-bond donors (Lipinski definition) is 2. The highest BCUT2D eigenvalue weighted by atomic mass is 19.4. The summed E-state index contributed by atoms with van der Waals surface area (Å²) in [6, 6.07) is 2.55. The Morgan fingerprint density at radius 3 is 2.56 bits per heavy atom. The molecule has 0 aliphatic carbocycles. The van der Waals surface area contributed by atoms with E-state index in [0.717, 1.165) is 25.2 Å². The van der Waals surface area contributed by atoms with Crippen LogP contribution in [0.5, 0.6) is 0 Å². The Morgan fingerprint density at radius 1 is 1.33 bits per heavy atom. The lowest BCUT2D eigenvalue weighted by Crippen LogP contribution is -2.44. The summed E-state index contributed by atoms with van der Waals surface area (Å²) in [6.45, 7) is 1.98. The summed E-state index contributed by atoms with van der Waals surface area (Å²) in [5.41, 5.74) is -0.761. The van der Waals surface area contributed by atoms with Crippen molar-refractivity contribution >= 4 is 11.7 Å². The number of carbonyl (C=O) groups excluding carboxylic acids is 1. The predicted octanol–water partition coefficient (Wildman–Crippen LogP) is 1.50. The number of anilines is 1. The van der Waals surface area contributed by atoms with Gasteiger partial charge in [-0.1, -0.05) is 0 Å². The molecule has 2 fully saturated rings. The van der Waals surface area contributed by atoms with Crippen molar-refractivity contribution in [1.82, 2.24) is 15.2 Å². The van der Waals surface area contributed by atoms with Crippen molar-refractivity contribution in [2.45, 2.75) is 37.5 Å². The van der Waals surface area contributed by atoms with Crippen LogP contribution in [0.1, 0.15) is 24.8 Å². The van der Waals surface area contributed by atoms with Gasteiger partial charge >= 0.3 is 6.18 Å². The van der Waals surface area contributed by atoms with Gasteiger partial charge in [0, 0.05) is 43.8 Å². The van der Waals surface area contributed by atoms with Gasteiger partial charge in [0.15, 0.2) is 0 Å². The van der Waals surface area contributed by atoms with Gasteiger partial charge in [0.05, 0.1) is 12.2 Å². The van der Waals surface area contributed by atoms with E-state index >= 15 is 0 Å². The molecule has 2 atom stereocenters. The second-order valence-electron chi connectivity index (χ2n) is 7.38. The molecule has 3 rings (SSSR count). The second kappa shape index (κ2) is 8.02. The molecule has 6 nitrogen and oxygen atoms in total. The second-order valence-corrected chi connectivity index (χ2v) is 7.38. The number of likely N-dealkylation sites (tertiary alicyclic amines) is 1. The normalized spacial score (nSPS) is 25.0. The lowest BCUT2D eigenvalue weighted by molar-refractivity contribution is -0.137. The highest BCUT2D eigenvalue weighted by Crippen LogP contribution is 2.30. The van der Waals surface area contributed by atoms with E-state index in [1.807, 2.05) is 16.8 Å². The minimum absolute atomic E-state index is 0.0204. The van der Waals surface area contributed by atoms with E-state index in [2.05, 4.69) is 10.3 Å². The predicted molar refractivity (Wildman–Crippen MR) is 94.2 cm³/mol. The van der Waals surface area contributed by atoms with Crippen LogP contribution in [0.15, 0.2) is 18.3 Å². The van der Waals surface area contributed by atoms with Gasteiger partial charge in [0.1, 0.15) is 5.82 Å². The molecule has 2 saturated heterocycles. The molecule has 150 valence electrons. The number of likely N-dealkylation sites (N-methyl/N-ethyl adjacent to an activating group) is 1. The molecule has 1 aromatic heterocycles. The van der Waals surface area contributed by atoms with Crippen molar-refractivity contribution in [2.75, 3.05) is 38.2 Å². The number of nitrogens with zero attached hydrogens (tertiary/aromatic N) is 3. The Labute approximate surface area is 156 Å². The summed E-state index contributed by atoms with van der Waals surface area (Å²) >= 11 is 0. The molecule has 9 heteroatoms. The first-order valence-corrected chi connectivity index (χ1v) is 9.17. The van der Waals surface area contributed by atoms with Gasteiger partial charge in [-0.3, -0.25) is 9.69 Å². The van der Waals surface area contributed by atoms with Gasteiger partial charge in [-0.15, -0.1) is 0 Å². The third kappa shape index (κ3) is 4.70. The molecular weight excluding hydrogens is 361 g/mol. The van der Waals surface area contributed by atoms with Gasteiger partial charge in [0.2, 0.25) is 5.91 Å². The van der Waals surface area contributed by atoms with Crippen molar-refractivity contribution < 1.29 is 23.1 Å². The van der Waals surface area contributed by atoms with E-state index in [1.54, 1.807) is 0 Å². The molecule has 0 saturated carbocycles. The highest BCUT2D eigenvalue weighted by molar-refractivity contribution is 5.79. The molecule has 0 aromatic carbocycles. The average molecular weight is 386 g/mol. The maximum absolute atomic E-state index is 12.6. The zero-order valence-electron chi connectivity index (χ0n) is 15.2. The largest absolute Gasteiger partial charge is 0.417 e. The van der Waals surface area contributed by atoms with Crippen LogP contribution in [0.2, 0.25) is 0 Å². The Balaban J connectivity index is 1.49.